The van der Waals surface area contributed by atoms with Gasteiger partial charge in [0.05, 0.1) is 23.3 Å². The van der Waals surface area contributed by atoms with Gasteiger partial charge >= 0.3 is 5.97 Å². The Morgan fingerprint density at radius 3 is 2.59 bits per heavy atom. The highest BCUT2D eigenvalue weighted by atomic mass is 16.6. The van der Waals surface area contributed by atoms with Crippen LogP contribution >= 0.6 is 0 Å². The zero-order valence-corrected chi connectivity index (χ0v) is 11.6. The Labute approximate surface area is 125 Å². The first-order valence-corrected chi connectivity index (χ1v) is 6.20. The van der Waals surface area contributed by atoms with Crippen LogP contribution in [0.4, 0.5) is 17.1 Å². The molecule has 2 rings (SSSR count). The quantitative estimate of drug-likeness (QED) is 0.393. The van der Waals surface area contributed by atoms with Crippen LogP contribution in [0.3, 0.4) is 0 Å². The summed E-state index contributed by atoms with van der Waals surface area (Å²) in [5.74, 6) is -0.725. The van der Waals surface area contributed by atoms with E-state index in [1.165, 1.54) is 19.2 Å². The van der Waals surface area contributed by atoms with Gasteiger partial charge in [-0.1, -0.05) is 23.4 Å². The van der Waals surface area contributed by atoms with Crippen molar-refractivity contribution in [3.63, 3.8) is 0 Å². The van der Waals surface area contributed by atoms with Gasteiger partial charge in [0.2, 0.25) is 0 Å². The van der Waals surface area contributed by atoms with Crippen molar-refractivity contribution in [2.75, 3.05) is 12.5 Å². The Morgan fingerprint density at radius 1 is 1.23 bits per heavy atom. The van der Waals surface area contributed by atoms with Crippen molar-refractivity contribution in [1.82, 2.24) is 0 Å². The molecule has 0 aliphatic rings. The molecule has 22 heavy (non-hydrogen) atoms. The molecule has 0 fully saturated rings. The van der Waals surface area contributed by atoms with Crippen LogP contribution in [0.5, 0.6) is 0 Å². The highest BCUT2D eigenvalue weighted by Crippen LogP contribution is 2.25. The average molecular weight is 300 g/mol. The van der Waals surface area contributed by atoms with Crippen molar-refractivity contribution in [2.45, 2.75) is 0 Å². The number of nitro groups is 1. The second-order valence-corrected chi connectivity index (χ2v) is 4.13. The van der Waals surface area contributed by atoms with E-state index in [0.717, 1.165) is 6.07 Å². The number of methoxy groups -OCH3 is 1. The van der Waals surface area contributed by atoms with E-state index < -0.39 is 10.9 Å². The average Bonchev–Trinajstić information content (AvgIpc) is 2.55. The van der Waals surface area contributed by atoms with Gasteiger partial charge in [0, 0.05) is 12.1 Å². The molecule has 2 aromatic rings. The van der Waals surface area contributed by atoms with E-state index in [9.17, 15) is 14.9 Å². The summed E-state index contributed by atoms with van der Waals surface area (Å²) in [6.45, 7) is 0. The molecule has 0 unspecified atom stereocenters. The van der Waals surface area contributed by atoms with Gasteiger partial charge in [0.25, 0.3) is 5.69 Å². The molecular formula is C14H12N4O4. The minimum absolute atomic E-state index is 0.0321. The summed E-state index contributed by atoms with van der Waals surface area (Å²) in [6, 6.07) is 12.7. The lowest BCUT2D eigenvalue weighted by Gasteiger charge is -2.03. The molecule has 0 radical (unpaired) electrons. The minimum atomic E-state index is -0.725. The minimum Gasteiger partial charge on any atom is -0.465 e. The normalized spacial score (nSPS) is 10.4. The number of nitrogens with zero attached hydrogens (tertiary/aromatic N) is 3. The number of hydrogen-bond acceptors (Lipinski definition) is 6. The monoisotopic (exact) mass is 300 g/mol. The number of esters is 1. The topological polar surface area (TPSA) is 106 Å². The number of carbonyl (C=O) groups excluding carboxylic acids is 1. The number of nitro benzene ring substituents is 1. The van der Waals surface area contributed by atoms with Gasteiger partial charge in [-0.05, 0) is 18.2 Å². The van der Waals surface area contributed by atoms with E-state index in [1.807, 2.05) is 18.2 Å². The first-order chi connectivity index (χ1) is 10.6. The fraction of sp³-hybridized carbons (Fsp3) is 0.0714. The van der Waals surface area contributed by atoms with E-state index in [-0.39, 0.29) is 16.9 Å². The predicted molar refractivity (Wildman–Crippen MR) is 79.0 cm³/mol. The van der Waals surface area contributed by atoms with E-state index >= 15 is 0 Å². The number of nitrogens with one attached hydrogen (secondary N) is 1. The second-order valence-electron chi connectivity index (χ2n) is 4.13. The van der Waals surface area contributed by atoms with Crippen LogP contribution in [0.15, 0.2) is 58.9 Å². The number of ether oxygens (including phenoxy) is 1. The lowest BCUT2D eigenvalue weighted by molar-refractivity contribution is -0.384. The number of carbonyl (C=O) groups is 1. The predicted octanol–water partition coefficient (Wildman–Crippen LogP) is 3.49. The van der Waals surface area contributed by atoms with Gasteiger partial charge in [-0.3, -0.25) is 15.5 Å². The molecule has 0 heterocycles. The van der Waals surface area contributed by atoms with Crippen LogP contribution in [-0.2, 0) is 4.74 Å². The van der Waals surface area contributed by atoms with Gasteiger partial charge in [-0.2, -0.15) is 0 Å². The van der Waals surface area contributed by atoms with Gasteiger partial charge in [-0.25, -0.2) is 4.79 Å². The zero-order valence-electron chi connectivity index (χ0n) is 11.6. The largest absolute Gasteiger partial charge is 0.465 e. The summed E-state index contributed by atoms with van der Waals surface area (Å²) in [4.78, 5) is 21.8. The molecule has 1 N–H and O–H groups in total. The van der Waals surface area contributed by atoms with Crippen LogP contribution in [0.1, 0.15) is 10.4 Å². The molecule has 0 bridgehead atoms. The third kappa shape index (κ3) is 3.63. The lowest BCUT2D eigenvalue weighted by atomic mass is 10.1. The van der Waals surface area contributed by atoms with Gasteiger partial charge in [-0.15, -0.1) is 5.11 Å². The van der Waals surface area contributed by atoms with Crippen molar-refractivity contribution in [3.05, 3.63) is 64.2 Å². The molecular weight excluding hydrogens is 288 g/mol. The highest BCUT2D eigenvalue weighted by Gasteiger charge is 2.17. The summed E-state index contributed by atoms with van der Waals surface area (Å²) in [6.07, 6.45) is 0. The number of rotatable bonds is 5. The van der Waals surface area contributed by atoms with Gasteiger partial charge in [0.1, 0.15) is 5.69 Å². The number of non-ortho nitro benzene ring substituents is 1. The van der Waals surface area contributed by atoms with Crippen molar-refractivity contribution < 1.29 is 14.5 Å². The van der Waals surface area contributed by atoms with Crippen molar-refractivity contribution in [1.29, 1.82) is 0 Å². The number of anilines is 1. The van der Waals surface area contributed by atoms with Crippen molar-refractivity contribution >= 4 is 23.0 Å². The molecule has 8 heteroatoms. The van der Waals surface area contributed by atoms with E-state index in [1.54, 1.807) is 12.1 Å². The maximum absolute atomic E-state index is 11.7. The molecule has 8 nitrogen and oxygen atoms in total. The van der Waals surface area contributed by atoms with Crippen LogP contribution in [0.25, 0.3) is 0 Å². The Bertz CT molecular complexity index is 716. The van der Waals surface area contributed by atoms with Crippen molar-refractivity contribution in [3.8, 4) is 0 Å². The molecule has 0 saturated heterocycles. The fourth-order valence-corrected chi connectivity index (χ4v) is 1.65. The Balaban J connectivity index is 2.26. The highest BCUT2D eigenvalue weighted by molar-refractivity contribution is 5.95. The number of para-hydroxylation sites is 1. The molecule has 0 spiro atoms. The molecule has 112 valence electrons. The third-order valence-electron chi connectivity index (χ3n) is 2.71. The van der Waals surface area contributed by atoms with E-state index in [0.29, 0.717) is 5.69 Å². The Hall–Kier alpha value is -3.29. The molecule has 0 aromatic heterocycles. The molecule has 0 saturated carbocycles. The number of hydrogen-bond donors (Lipinski definition) is 1. The van der Waals surface area contributed by atoms with Crippen LogP contribution < -0.4 is 5.43 Å². The van der Waals surface area contributed by atoms with Crippen LogP contribution in [0.2, 0.25) is 0 Å². The van der Waals surface area contributed by atoms with Crippen molar-refractivity contribution in [2.24, 2.45) is 10.3 Å². The maximum Gasteiger partial charge on any atom is 0.340 e. The van der Waals surface area contributed by atoms with Gasteiger partial charge in [0.15, 0.2) is 0 Å². The molecule has 2 aromatic carbocycles. The molecule has 0 atom stereocenters. The lowest BCUT2D eigenvalue weighted by Crippen LogP contribution is -2.02. The standard InChI is InChI=1S/C14H12N4O4/c1-22-14(19)12-9-11(18(20)21)7-8-13(12)16-17-15-10-5-3-2-4-6-10/h2-9H,1H3,(H,15,16). The van der Waals surface area contributed by atoms with Crippen LogP contribution in [-0.4, -0.2) is 18.0 Å². The first-order valence-electron chi connectivity index (χ1n) is 6.20. The molecule has 0 aliphatic heterocycles. The van der Waals surface area contributed by atoms with Gasteiger partial charge < -0.3 is 4.74 Å². The molecule has 0 amide bonds. The smallest absolute Gasteiger partial charge is 0.340 e. The van der Waals surface area contributed by atoms with Crippen LogP contribution in [0, 0.1) is 10.1 Å². The van der Waals surface area contributed by atoms with E-state index in [2.05, 4.69) is 20.5 Å². The SMILES string of the molecule is COC(=O)c1cc([N+](=O)[O-])ccc1N=NNc1ccccc1. The summed E-state index contributed by atoms with van der Waals surface area (Å²) in [5.41, 5.74) is 3.31. The maximum atomic E-state index is 11.7. The summed E-state index contributed by atoms with van der Waals surface area (Å²) in [5, 5.41) is 18.4. The summed E-state index contributed by atoms with van der Waals surface area (Å²) in [7, 11) is 1.18. The third-order valence-corrected chi connectivity index (χ3v) is 2.71. The Morgan fingerprint density at radius 2 is 1.95 bits per heavy atom. The summed E-state index contributed by atoms with van der Waals surface area (Å²) >= 11 is 0. The zero-order chi connectivity index (χ0) is 15.9. The first kappa shape index (κ1) is 15.1. The second kappa shape index (κ2) is 6.93. The summed E-state index contributed by atoms with van der Waals surface area (Å²) < 4.78 is 4.59. The van der Waals surface area contributed by atoms with E-state index in [4.69, 9.17) is 0 Å². The Kier molecular flexibility index (Phi) is 4.76. The fourth-order valence-electron chi connectivity index (χ4n) is 1.65. The molecule has 0 aliphatic carbocycles. The number of benzene rings is 2.